The van der Waals surface area contributed by atoms with Crippen LogP contribution in [0.15, 0.2) is 224 Å². The van der Waals surface area contributed by atoms with Crippen molar-refractivity contribution >= 4 is 93.8 Å². The highest BCUT2D eigenvalue weighted by Gasteiger charge is 2.03. The quantitative estimate of drug-likeness (QED) is 0.0183. The number of alkyl halides is 1. The molecule has 0 aliphatic carbocycles. The van der Waals surface area contributed by atoms with Gasteiger partial charge in [0.05, 0.1) is 46.9 Å². The maximum atomic E-state index is 12.0. The fraction of sp³-hybridized carbons (Fsp3) is 0.118. The fourth-order valence-corrected chi connectivity index (χ4v) is 6.68. The molecule has 85 heavy (non-hydrogen) atoms. The number of carboxylic acid groups (broad SMARTS) is 1. The van der Waals surface area contributed by atoms with Crippen molar-refractivity contribution in [2.75, 3.05) is 75.1 Å². The molecule has 10 N–H and O–H groups in total. The molecule has 1 amide bonds. The third-order valence-electron chi connectivity index (χ3n) is 11.3. The topological polar surface area (TPSA) is 249 Å². The molecule has 0 aliphatic heterocycles. The van der Waals surface area contributed by atoms with E-state index in [0.717, 1.165) is 70.0 Å². The second-order valence-electron chi connectivity index (χ2n) is 17.3. The number of amides is 1. The van der Waals surface area contributed by atoms with E-state index >= 15 is 0 Å². The van der Waals surface area contributed by atoms with Crippen molar-refractivity contribution in [3.63, 3.8) is 0 Å². The van der Waals surface area contributed by atoms with Crippen molar-refractivity contribution < 1.29 is 48.0 Å². The van der Waals surface area contributed by atoms with Gasteiger partial charge >= 0.3 is 17.9 Å². The van der Waals surface area contributed by atoms with Gasteiger partial charge in [-0.2, -0.15) is 0 Å². The van der Waals surface area contributed by atoms with Crippen LogP contribution in [0.3, 0.4) is 0 Å². The maximum Gasteiger partial charge on any atom is 0.330 e. The van der Waals surface area contributed by atoms with Crippen molar-refractivity contribution in [1.29, 1.82) is 0 Å². The molecule has 0 saturated carbocycles. The molecule has 8 aromatic carbocycles. The molecule has 0 bridgehead atoms. The Hall–Kier alpha value is -10.7. The van der Waals surface area contributed by atoms with Crippen LogP contribution in [0.1, 0.15) is 33.4 Å². The van der Waals surface area contributed by atoms with Gasteiger partial charge in [0.25, 0.3) is 0 Å². The third kappa shape index (κ3) is 29.5. The number of ether oxygens (including phenoxy) is 5. The average Bonchev–Trinajstić information content (AvgIpc) is 3.65. The van der Waals surface area contributed by atoms with Crippen LogP contribution in [0, 0.1) is 0 Å². The summed E-state index contributed by atoms with van der Waals surface area (Å²) in [4.78, 5) is 43.9. The Labute approximate surface area is 502 Å². The maximum absolute atomic E-state index is 12.0. The van der Waals surface area contributed by atoms with Crippen LogP contribution in [-0.2, 0) is 41.7 Å². The summed E-state index contributed by atoms with van der Waals surface area (Å²) in [6, 6.07) is 62.6. The zero-order valence-electron chi connectivity index (χ0n) is 48.3. The molecule has 17 heteroatoms. The number of carbonyl (C=O) groups excluding carboxylic acids is 3. The number of para-hydroxylation sites is 3. The normalized spacial score (nSPS) is 10.1. The van der Waals surface area contributed by atoms with E-state index in [-0.39, 0.29) is 17.8 Å². The Morgan fingerprint density at radius 1 is 0.424 bits per heavy atom. The number of carboxylic acids is 1. The van der Waals surface area contributed by atoms with E-state index in [1.54, 1.807) is 88.1 Å². The summed E-state index contributed by atoms with van der Waals surface area (Å²) in [6.45, 7) is 1.46. The number of hydrogen-bond donors (Lipinski definition) is 7. The van der Waals surface area contributed by atoms with E-state index in [9.17, 15) is 19.2 Å². The predicted octanol–water partition coefficient (Wildman–Crippen LogP) is 13.4. The lowest BCUT2D eigenvalue weighted by molar-refractivity contribution is -0.135. The molecule has 0 heterocycles. The van der Waals surface area contributed by atoms with E-state index in [4.69, 9.17) is 36.5 Å². The minimum Gasteiger partial charge on any atom is -0.497 e. The Balaban J connectivity index is 0.000000294. The number of benzene rings is 8. The minimum absolute atomic E-state index is 0.223. The standard InChI is InChI=1S/C23H23N3O2.C18H19NO3.C10H11NO2.C9H9NO2.C7H8O.CH3Cl/c1-28-20-13-8-18(9-14-20)16-25-19-11-6-17(7-12-19)10-15-23(27)26-22-5-3-2-4-21(22)24;1-21-17-10-5-15(6-11-17)13-19-16-8-3-14(4-9-16)7-12-18(20)22-2;1-13-10(12)7-4-8-2-5-9(11)6-3-8;10-8-4-1-7(2-5-8)3-6-9(11)12;1-8-7-5-3-2-4-6-7;1-2/h2-15,25H,16,24H2,1H3,(H,26,27);3-12,19H,13H2,1-2H3;2-7H,11H2,1H3;1-6H,10H2,(H,11,12);2-6H,1H3;1H3/b15-10+;12-7+;7-4+;6-3+;;. The highest BCUT2D eigenvalue weighted by atomic mass is 35.5. The molecular formula is C68H73ClN6O10. The Bertz CT molecular complexity index is 3320. The summed E-state index contributed by atoms with van der Waals surface area (Å²) in [5, 5.41) is 17.8. The van der Waals surface area contributed by atoms with Crippen LogP contribution >= 0.6 is 11.6 Å². The molecule has 0 unspecified atom stereocenters. The second kappa shape index (κ2) is 40.5. The number of hydrogen-bond acceptors (Lipinski definition) is 14. The number of esters is 2. The summed E-state index contributed by atoms with van der Waals surface area (Å²) in [6.07, 6.45) is 13.5. The van der Waals surface area contributed by atoms with Crippen LogP contribution in [0.5, 0.6) is 17.2 Å². The number of nitrogens with two attached hydrogens (primary N) is 3. The molecule has 442 valence electrons. The first kappa shape index (κ1) is 68.6. The Morgan fingerprint density at radius 3 is 1.12 bits per heavy atom. The van der Waals surface area contributed by atoms with Gasteiger partial charge in [-0.3, -0.25) is 4.79 Å². The van der Waals surface area contributed by atoms with Crippen LogP contribution in [-0.4, -0.2) is 70.9 Å². The second-order valence-corrected chi connectivity index (χ2v) is 17.3. The lowest BCUT2D eigenvalue weighted by Gasteiger charge is -2.08. The van der Waals surface area contributed by atoms with Crippen LogP contribution in [0.2, 0.25) is 0 Å². The highest BCUT2D eigenvalue weighted by molar-refractivity contribution is 6.15. The van der Waals surface area contributed by atoms with Crippen molar-refractivity contribution in [1.82, 2.24) is 0 Å². The molecule has 0 aliphatic rings. The average molecular weight is 1170 g/mol. The summed E-state index contributed by atoms with van der Waals surface area (Å²) < 4.78 is 24.2. The molecule has 0 atom stereocenters. The Morgan fingerprint density at radius 2 is 0.765 bits per heavy atom. The van der Waals surface area contributed by atoms with Crippen LogP contribution in [0.25, 0.3) is 24.3 Å². The lowest BCUT2D eigenvalue weighted by Crippen LogP contribution is -2.09. The van der Waals surface area contributed by atoms with Gasteiger partial charge < -0.3 is 61.9 Å². The first-order chi connectivity index (χ1) is 41.2. The van der Waals surface area contributed by atoms with Gasteiger partial charge in [0, 0.05) is 66.5 Å². The number of anilines is 6. The number of methoxy groups -OCH3 is 5. The van der Waals surface area contributed by atoms with Crippen molar-refractivity contribution in [2.45, 2.75) is 13.1 Å². The SMILES string of the molecule is CCl.COC(=O)/C=C/c1ccc(N)cc1.COC(=O)/C=C/c1ccc(NCc2ccc(OC)cc2)cc1.COc1ccc(CNc2ccc(/C=C/C(=O)Nc3ccccc3N)cc2)cc1.COc1ccccc1.Nc1ccc(/C=C/C(=O)O)cc1. The molecule has 0 saturated heterocycles. The van der Waals surface area contributed by atoms with E-state index in [1.165, 1.54) is 56.0 Å². The predicted molar refractivity (Wildman–Crippen MR) is 347 cm³/mol. The smallest absolute Gasteiger partial charge is 0.330 e. The Kier molecular flexibility index (Phi) is 32.6. The van der Waals surface area contributed by atoms with Gasteiger partial charge in [0.15, 0.2) is 0 Å². The summed E-state index contributed by atoms with van der Waals surface area (Å²) in [7, 11) is 7.68. The molecule has 8 aromatic rings. The summed E-state index contributed by atoms with van der Waals surface area (Å²) >= 11 is 4.64. The van der Waals surface area contributed by atoms with Gasteiger partial charge in [0.2, 0.25) is 5.91 Å². The van der Waals surface area contributed by atoms with Gasteiger partial charge in [-0.25, -0.2) is 14.4 Å². The zero-order chi connectivity index (χ0) is 62.0. The lowest BCUT2D eigenvalue weighted by atomic mass is 10.1. The van der Waals surface area contributed by atoms with Crippen molar-refractivity contribution in [3.05, 3.63) is 258 Å². The van der Waals surface area contributed by atoms with E-state index in [1.807, 2.05) is 152 Å². The number of nitrogen functional groups attached to an aromatic ring is 3. The first-order valence-corrected chi connectivity index (χ1v) is 26.8. The number of halogens is 1. The molecule has 0 fully saturated rings. The molecular weight excluding hydrogens is 1100 g/mol. The summed E-state index contributed by atoms with van der Waals surface area (Å²) in [5.41, 5.74) is 27.3. The number of aliphatic carboxylic acids is 1. The molecule has 16 nitrogen and oxygen atoms in total. The highest BCUT2D eigenvalue weighted by Crippen LogP contribution is 2.19. The van der Waals surface area contributed by atoms with E-state index in [2.05, 4.69) is 37.0 Å². The van der Waals surface area contributed by atoms with Gasteiger partial charge in [-0.15, -0.1) is 11.6 Å². The van der Waals surface area contributed by atoms with Crippen LogP contribution < -0.4 is 47.4 Å². The largest absolute Gasteiger partial charge is 0.497 e. The van der Waals surface area contributed by atoms with Gasteiger partial charge in [-0.05, 0) is 155 Å². The number of nitrogens with one attached hydrogen (secondary N) is 3. The number of carbonyl (C=O) groups is 4. The monoisotopic (exact) mass is 1170 g/mol. The minimum atomic E-state index is -0.952. The van der Waals surface area contributed by atoms with Crippen LogP contribution in [0.4, 0.5) is 34.1 Å². The van der Waals surface area contributed by atoms with E-state index in [0.29, 0.717) is 22.7 Å². The van der Waals surface area contributed by atoms with Gasteiger partial charge in [-0.1, -0.05) is 103 Å². The third-order valence-corrected chi connectivity index (χ3v) is 11.3. The number of rotatable bonds is 18. The molecule has 8 rings (SSSR count). The van der Waals surface area contributed by atoms with E-state index < -0.39 is 5.97 Å². The van der Waals surface area contributed by atoms with Crippen molar-refractivity contribution in [2.24, 2.45) is 0 Å². The summed E-state index contributed by atoms with van der Waals surface area (Å²) in [5.74, 6) is 0.710. The molecule has 0 aromatic heterocycles. The first-order valence-electron chi connectivity index (χ1n) is 26.1. The fourth-order valence-electron chi connectivity index (χ4n) is 6.68. The molecule has 0 radical (unpaired) electrons. The zero-order valence-corrected chi connectivity index (χ0v) is 49.1. The van der Waals surface area contributed by atoms with Gasteiger partial charge in [0.1, 0.15) is 17.2 Å². The molecule has 0 spiro atoms. The van der Waals surface area contributed by atoms with Crippen molar-refractivity contribution in [3.8, 4) is 17.2 Å².